The summed E-state index contributed by atoms with van der Waals surface area (Å²) in [6, 6.07) is 87.6. The molecule has 11 aromatic carbocycles. The van der Waals surface area contributed by atoms with Crippen molar-refractivity contribution in [2.45, 2.75) is 38.5 Å². The molecule has 0 aliphatic heterocycles. The molecule has 2 unspecified atom stereocenters. The summed E-state index contributed by atoms with van der Waals surface area (Å²) in [6.07, 6.45) is 8.62. The molecule has 0 aromatic heterocycles. The third-order valence-corrected chi connectivity index (χ3v) is 16.3. The lowest BCUT2D eigenvalue weighted by atomic mass is 9.66. The number of benzene rings is 11. The van der Waals surface area contributed by atoms with Gasteiger partial charge in [-0.25, -0.2) is 0 Å². The molecule has 0 saturated carbocycles. The van der Waals surface area contributed by atoms with Crippen molar-refractivity contribution in [1.82, 2.24) is 0 Å². The summed E-state index contributed by atoms with van der Waals surface area (Å²) >= 11 is 0. The molecular formula is C74H56. The number of hydrogen-bond donors (Lipinski definition) is 0. The van der Waals surface area contributed by atoms with Gasteiger partial charge >= 0.3 is 0 Å². The molecule has 0 bridgehead atoms. The van der Waals surface area contributed by atoms with Crippen LogP contribution in [-0.4, -0.2) is 0 Å². The Morgan fingerprint density at radius 2 is 0.851 bits per heavy atom. The van der Waals surface area contributed by atoms with Gasteiger partial charge in [0.2, 0.25) is 0 Å². The van der Waals surface area contributed by atoms with Crippen molar-refractivity contribution in [2.75, 3.05) is 0 Å². The maximum Gasteiger partial charge on any atom is 0.0713 e. The van der Waals surface area contributed by atoms with Crippen molar-refractivity contribution in [3.63, 3.8) is 0 Å². The number of rotatable bonds is 9. The van der Waals surface area contributed by atoms with E-state index in [0.717, 1.165) is 0 Å². The first kappa shape index (κ1) is 45.1. The van der Waals surface area contributed by atoms with Crippen LogP contribution in [0.5, 0.6) is 0 Å². The summed E-state index contributed by atoms with van der Waals surface area (Å²) in [6.45, 7) is 12.9. The second-order valence-electron chi connectivity index (χ2n) is 20.6. The van der Waals surface area contributed by atoms with Crippen LogP contribution in [0.15, 0.2) is 267 Å². The van der Waals surface area contributed by atoms with Gasteiger partial charge in [-0.2, -0.15) is 0 Å². The highest BCUT2D eigenvalue weighted by molar-refractivity contribution is 6.00. The topological polar surface area (TPSA) is 0 Å². The van der Waals surface area contributed by atoms with E-state index in [9.17, 15) is 0 Å². The first-order valence-corrected chi connectivity index (χ1v) is 26.0. The zero-order chi connectivity index (χ0) is 50.1. The number of allylic oxidation sites excluding steroid dienone is 5. The van der Waals surface area contributed by atoms with Gasteiger partial charge in [0.1, 0.15) is 0 Å². The fourth-order valence-corrected chi connectivity index (χ4v) is 13.0. The van der Waals surface area contributed by atoms with E-state index in [-0.39, 0.29) is 0 Å². The second-order valence-corrected chi connectivity index (χ2v) is 20.6. The van der Waals surface area contributed by atoms with E-state index in [2.05, 4.69) is 283 Å². The molecular weight excluding hydrogens is 889 g/mol. The summed E-state index contributed by atoms with van der Waals surface area (Å²) in [4.78, 5) is 0. The van der Waals surface area contributed by atoms with Crippen molar-refractivity contribution in [3.05, 3.63) is 323 Å². The smallest absolute Gasteiger partial charge is 0.0713 e. The monoisotopic (exact) mass is 944 g/mol. The summed E-state index contributed by atoms with van der Waals surface area (Å²) in [5.41, 5.74) is 25.0. The molecule has 0 N–H and O–H groups in total. The zero-order valence-electron chi connectivity index (χ0n) is 42.5. The lowest BCUT2D eigenvalue weighted by Gasteiger charge is -2.35. The predicted molar refractivity (Wildman–Crippen MR) is 314 cm³/mol. The normalized spacial score (nSPS) is 16.6. The first-order chi connectivity index (χ1) is 36.3. The number of aryl methyl sites for hydroxylation is 3. The molecule has 0 heteroatoms. The Labute approximate surface area is 436 Å². The molecule has 0 heterocycles. The van der Waals surface area contributed by atoms with Crippen LogP contribution in [0.2, 0.25) is 0 Å². The van der Waals surface area contributed by atoms with Crippen molar-refractivity contribution in [2.24, 2.45) is 0 Å². The van der Waals surface area contributed by atoms with Crippen molar-refractivity contribution >= 4 is 21.5 Å². The Morgan fingerprint density at radius 3 is 1.54 bits per heavy atom. The maximum absolute atomic E-state index is 4.28. The average molecular weight is 945 g/mol. The highest BCUT2D eigenvalue weighted by atomic mass is 14.5. The lowest BCUT2D eigenvalue weighted by molar-refractivity contribution is 0.767. The van der Waals surface area contributed by atoms with Crippen LogP contribution in [0.1, 0.15) is 62.6 Å². The van der Waals surface area contributed by atoms with E-state index < -0.39 is 10.8 Å². The Hall–Kier alpha value is -8.84. The van der Waals surface area contributed by atoms with E-state index in [1.807, 2.05) is 6.08 Å². The van der Waals surface area contributed by atoms with Crippen LogP contribution >= 0.6 is 0 Å². The highest BCUT2D eigenvalue weighted by Crippen LogP contribution is 2.61. The summed E-state index contributed by atoms with van der Waals surface area (Å²) < 4.78 is 0. The fraction of sp³-hybridized carbons (Fsp3) is 0.0811. The summed E-state index contributed by atoms with van der Waals surface area (Å²) in [5, 5.41) is 5.02. The zero-order valence-corrected chi connectivity index (χ0v) is 42.5. The van der Waals surface area contributed by atoms with E-state index >= 15 is 0 Å². The van der Waals surface area contributed by atoms with E-state index in [1.54, 1.807) is 0 Å². The SMILES string of the molecule is C=CC=C(C=CC)C1(c2ccccc2)c2cc(-c3ccc4cc(C)ccc4c3)ccc2-c2c(-c3ccc(C4(c5ccc(C)cc5)c5ccccc5-c5c(-c6ccc7cc(C)ccc7c6)cccc54)cc3)cccc21. The minimum Gasteiger partial charge on any atom is -0.0991 e. The number of hydrogen-bond acceptors (Lipinski definition) is 0. The Morgan fingerprint density at radius 1 is 0.365 bits per heavy atom. The third-order valence-electron chi connectivity index (χ3n) is 16.3. The Balaban J connectivity index is 1.02. The van der Waals surface area contributed by atoms with Crippen LogP contribution in [0.25, 0.3) is 77.2 Å². The predicted octanol–water partition coefficient (Wildman–Crippen LogP) is 19.3. The third kappa shape index (κ3) is 6.82. The van der Waals surface area contributed by atoms with Crippen LogP contribution in [0.4, 0.5) is 0 Å². The van der Waals surface area contributed by atoms with Gasteiger partial charge in [-0.15, -0.1) is 0 Å². The molecule has 2 aliphatic rings. The standard InChI is InChI=1S/C74H56/c1-6-15-59(16-7-2)74(60-17-9-8-10-18-60)69-24-13-20-63(71(69)66-42-37-57(47-70(66)74)56-32-31-52-43-49(4)25-29-54(52)45-56)51-35-40-62(41-36-51)73(61-38-27-48(3)28-39-61)67-22-12-11-19-65(67)72-64(21-14-23-68(72)73)58-34-33-53-44-50(5)26-30-55(53)46-58/h6-47H,1H2,2-5H3. The van der Waals surface area contributed by atoms with E-state index in [0.29, 0.717) is 0 Å². The minimum absolute atomic E-state index is 0.565. The maximum atomic E-state index is 4.28. The van der Waals surface area contributed by atoms with Gasteiger partial charge in [0.25, 0.3) is 0 Å². The first-order valence-electron chi connectivity index (χ1n) is 26.0. The molecule has 11 aromatic rings. The van der Waals surface area contributed by atoms with Crippen LogP contribution in [0, 0.1) is 20.8 Å². The molecule has 0 amide bonds. The average Bonchev–Trinajstić information content (AvgIpc) is 3.95. The van der Waals surface area contributed by atoms with E-state index in [1.165, 1.54) is 138 Å². The van der Waals surface area contributed by atoms with Gasteiger partial charge < -0.3 is 0 Å². The molecule has 74 heavy (non-hydrogen) atoms. The van der Waals surface area contributed by atoms with E-state index in [4.69, 9.17) is 0 Å². The molecule has 0 fully saturated rings. The molecule has 0 saturated heterocycles. The van der Waals surface area contributed by atoms with Gasteiger partial charge in [0.15, 0.2) is 0 Å². The van der Waals surface area contributed by atoms with Crippen LogP contribution < -0.4 is 0 Å². The quantitative estimate of drug-likeness (QED) is 0.127. The van der Waals surface area contributed by atoms with Crippen molar-refractivity contribution < 1.29 is 0 Å². The lowest BCUT2D eigenvalue weighted by Crippen LogP contribution is -2.29. The van der Waals surface area contributed by atoms with Gasteiger partial charge in [0.05, 0.1) is 10.8 Å². The molecule has 0 radical (unpaired) electrons. The fourth-order valence-electron chi connectivity index (χ4n) is 13.0. The molecule has 13 rings (SSSR count). The van der Waals surface area contributed by atoms with Crippen LogP contribution in [0.3, 0.4) is 0 Å². The summed E-state index contributed by atoms with van der Waals surface area (Å²) in [7, 11) is 0. The van der Waals surface area contributed by atoms with Gasteiger partial charge in [0, 0.05) is 0 Å². The molecule has 0 spiro atoms. The molecule has 2 aliphatic carbocycles. The number of fused-ring (bicyclic) bond motifs is 8. The molecule has 0 nitrogen and oxygen atoms in total. The van der Waals surface area contributed by atoms with Gasteiger partial charge in [-0.3, -0.25) is 0 Å². The summed E-state index contributed by atoms with van der Waals surface area (Å²) in [5.74, 6) is 0. The highest BCUT2D eigenvalue weighted by Gasteiger charge is 2.49. The largest absolute Gasteiger partial charge is 0.0991 e. The van der Waals surface area contributed by atoms with Crippen LogP contribution in [-0.2, 0) is 10.8 Å². The van der Waals surface area contributed by atoms with Crippen molar-refractivity contribution in [3.8, 4) is 55.6 Å². The van der Waals surface area contributed by atoms with Gasteiger partial charge in [-0.1, -0.05) is 260 Å². The second kappa shape index (κ2) is 17.7. The Bertz CT molecular complexity index is 4110. The molecule has 2 atom stereocenters. The van der Waals surface area contributed by atoms with Gasteiger partial charge in [-0.05, 0) is 168 Å². The minimum atomic E-state index is -0.624. The molecule has 352 valence electrons. The Kier molecular flexibility index (Phi) is 10.8. The van der Waals surface area contributed by atoms with Crippen molar-refractivity contribution in [1.29, 1.82) is 0 Å².